The molecule has 0 bridgehead atoms. The van der Waals surface area contributed by atoms with Gasteiger partial charge in [0.15, 0.2) is 0 Å². The second-order valence-corrected chi connectivity index (χ2v) is 7.02. The van der Waals surface area contributed by atoms with Gasteiger partial charge in [-0.3, -0.25) is 20.2 Å². The molecule has 0 fully saturated rings. The Morgan fingerprint density at radius 3 is 2.10 bits per heavy atom. The molecule has 2 heterocycles. The quantitative estimate of drug-likeness (QED) is 0.294. The normalized spacial score (nSPS) is 11.1. The molecule has 8 nitrogen and oxygen atoms in total. The Hall–Kier alpha value is -4.59. The van der Waals surface area contributed by atoms with Crippen LogP contribution >= 0.6 is 0 Å². The third kappa shape index (κ3) is 2.98. The van der Waals surface area contributed by atoms with Gasteiger partial charge in [-0.25, -0.2) is 4.98 Å². The zero-order valence-corrected chi connectivity index (χ0v) is 16.0. The Morgan fingerprint density at radius 1 is 0.742 bits per heavy atom. The third-order valence-corrected chi connectivity index (χ3v) is 5.30. The number of para-hydroxylation sites is 2. The monoisotopic (exact) mass is 410 g/mol. The molecular weight excluding hydrogens is 396 g/mol. The van der Waals surface area contributed by atoms with E-state index in [1.807, 2.05) is 18.2 Å². The fourth-order valence-electron chi connectivity index (χ4n) is 3.95. The van der Waals surface area contributed by atoms with Crippen molar-refractivity contribution < 1.29 is 9.85 Å². The van der Waals surface area contributed by atoms with Crippen LogP contribution in [0.4, 0.5) is 11.4 Å². The van der Waals surface area contributed by atoms with Crippen LogP contribution in [0.15, 0.2) is 79.0 Å². The smallest absolute Gasteiger partial charge is 0.277 e. The lowest BCUT2D eigenvalue weighted by atomic mass is 9.97. The zero-order chi connectivity index (χ0) is 21.5. The fraction of sp³-hybridized carbons (Fsp3) is 0. The molecule has 0 amide bonds. The summed E-state index contributed by atoms with van der Waals surface area (Å²) >= 11 is 0. The molecule has 3 aromatic carbocycles. The summed E-state index contributed by atoms with van der Waals surface area (Å²) in [5.74, 6) is 0. The van der Waals surface area contributed by atoms with Crippen molar-refractivity contribution in [2.75, 3.05) is 0 Å². The Balaban J connectivity index is 1.82. The van der Waals surface area contributed by atoms with E-state index < -0.39 is 9.85 Å². The number of rotatable bonds is 4. The molecule has 0 aliphatic rings. The zero-order valence-electron chi connectivity index (χ0n) is 16.0. The van der Waals surface area contributed by atoms with Crippen LogP contribution in [0.25, 0.3) is 44.2 Å². The summed E-state index contributed by atoms with van der Waals surface area (Å²) in [6.07, 6.45) is 1.60. The number of nitrogens with one attached hydrogen (secondary N) is 1. The third-order valence-electron chi connectivity index (χ3n) is 5.30. The van der Waals surface area contributed by atoms with Gasteiger partial charge in [0, 0.05) is 40.2 Å². The van der Waals surface area contributed by atoms with Crippen molar-refractivity contribution in [2.24, 2.45) is 0 Å². The van der Waals surface area contributed by atoms with Gasteiger partial charge in [-0.15, -0.1) is 0 Å². The SMILES string of the molecule is O=[N+]([O-])c1ccccc1-c1ccc2[nH]c3nccc(-c4ccccc4[N+](=O)[O-])c3c2c1. The van der Waals surface area contributed by atoms with Crippen molar-refractivity contribution in [3.05, 3.63) is 99.2 Å². The second-order valence-electron chi connectivity index (χ2n) is 7.02. The number of nitro benzene ring substituents is 2. The van der Waals surface area contributed by atoms with E-state index in [0.717, 1.165) is 16.3 Å². The predicted molar refractivity (Wildman–Crippen MR) is 118 cm³/mol. The summed E-state index contributed by atoms with van der Waals surface area (Å²) in [4.78, 5) is 29.9. The predicted octanol–water partition coefficient (Wildman–Crippen LogP) is 5.87. The van der Waals surface area contributed by atoms with Crippen molar-refractivity contribution >= 4 is 33.3 Å². The molecule has 5 aromatic rings. The van der Waals surface area contributed by atoms with Gasteiger partial charge in [0.05, 0.1) is 21.0 Å². The Bertz CT molecular complexity index is 1510. The van der Waals surface area contributed by atoms with Crippen molar-refractivity contribution in [1.82, 2.24) is 9.97 Å². The van der Waals surface area contributed by atoms with Gasteiger partial charge in [0.2, 0.25) is 0 Å². The summed E-state index contributed by atoms with van der Waals surface area (Å²) in [6.45, 7) is 0. The molecule has 0 saturated carbocycles. The molecule has 31 heavy (non-hydrogen) atoms. The molecule has 0 aliphatic carbocycles. The molecule has 0 saturated heterocycles. The molecule has 0 atom stereocenters. The number of hydrogen-bond donors (Lipinski definition) is 1. The van der Waals surface area contributed by atoms with Crippen molar-refractivity contribution in [2.45, 2.75) is 0 Å². The van der Waals surface area contributed by atoms with Crippen molar-refractivity contribution in [3.63, 3.8) is 0 Å². The summed E-state index contributed by atoms with van der Waals surface area (Å²) in [5.41, 5.74) is 3.72. The molecular formula is C23H14N4O4. The molecule has 0 spiro atoms. The molecule has 8 heteroatoms. The van der Waals surface area contributed by atoms with E-state index >= 15 is 0 Å². The summed E-state index contributed by atoms with van der Waals surface area (Å²) in [5, 5.41) is 24.6. The molecule has 2 aromatic heterocycles. The molecule has 0 radical (unpaired) electrons. The van der Waals surface area contributed by atoms with Gasteiger partial charge in [-0.05, 0) is 35.9 Å². The van der Waals surface area contributed by atoms with E-state index in [9.17, 15) is 20.2 Å². The molecule has 150 valence electrons. The van der Waals surface area contributed by atoms with Gasteiger partial charge in [0.1, 0.15) is 5.65 Å². The van der Waals surface area contributed by atoms with Crippen LogP contribution in [0, 0.1) is 20.2 Å². The highest BCUT2D eigenvalue weighted by Crippen LogP contribution is 2.39. The summed E-state index contributed by atoms with van der Waals surface area (Å²) in [7, 11) is 0. The molecule has 1 N–H and O–H groups in total. The lowest BCUT2D eigenvalue weighted by molar-refractivity contribution is -0.384. The minimum absolute atomic E-state index is 0.000739. The highest BCUT2D eigenvalue weighted by molar-refractivity contribution is 6.14. The molecule has 0 aliphatic heterocycles. The van der Waals surface area contributed by atoms with Crippen molar-refractivity contribution in [1.29, 1.82) is 0 Å². The fourth-order valence-corrected chi connectivity index (χ4v) is 3.95. The average Bonchev–Trinajstić information content (AvgIpc) is 3.17. The van der Waals surface area contributed by atoms with E-state index in [-0.39, 0.29) is 11.4 Å². The maximum absolute atomic E-state index is 11.6. The highest BCUT2D eigenvalue weighted by Gasteiger charge is 2.20. The Kier molecular flexibility index (Phi) is 4.18. The number of hydrogen-bond acceptors (Lipinski definition) is 5. The molecule has 5 rings (SSSR count). The lowest BCUT2D eigenvalue weighted by Crippen LogP contribution is -1.92. The first-order valence-corrected chi connectivity index (χ1v) is 9.42. The standard InChI is InChI=1S/C23H14N4O4/c28-26(29)20-7-3-1-5-15(20)14-9-10-19-18(13-14)22-17(11-12-24-23(22)25-19)16-6-2-4-8-21(16)27(30)31/h1-13H,(H,24,25). The van der Waals surface area contributed by atoms with E-state index in [4.69, 9.17) is 0 Å². The minimum atomic E-state index is -0.408. The maximum atomic E-state index is 11.6. The van der Waals surface area contributed by atoms with Crippen LogP contribution in [0.5, 0.6) is 0 Å². The average molecular weight is 410 g/mol. The van der Waals surface area contributed by atoms with E-state index in [0.29, 0.717) is 27.9 Å². The number of pyridine rings is 1. The van der Waals surface area contributed by atoms with E-state index in [1.165, 1.54) is 12.1 Å². The van der Waals surface area contributed by atoms with Gasteiger partial charge in [-0.2, -0.15) is 0 Å². The first kappa shape index (κ1) is 18.4. The number of benzene rings is 3. The lowest BCUT2D eigenvalue weighted by Gasteiger charge is -2.06. The van der Waals surface area contributed by atoms with Crippen LogP contribution in [0.3, 0.4) is 0 Å². The van der Waals surface area contributed by atoms with Gasteiger partial charge >= 0.3 is 0 Å². The van der Waals surface area contributed by atoms with Crippen LogP contribution in [-0.2, 0) is 0 Å². The number of nitro groups is 2. The Labute approximate surface area is 175 Å². The maximum Gasteiger partial charge on any atom is 0.277 e. The molecule has 0 unspecified atom stereocenters. The topological polar surface area (TPSA) is 115 Å². The first-order valence-electron chi connectivity index (χ1n) is 9.42. The van der Waals surface area contributed by atoms with Gasteiger partial charge in [0.25, 0.3) is 11.4 Å². The van der Waals surface area contributed by atoms with E-state index in [1.54, 1.807) is 48.7 Å². The largest absolute Gasteiger partial charge is 0.339 e. The summed E-state index contributed by atoms with van der Waals surface area (Å²) < 4.78 is 0. The number of H-pyrrole nitrogens is 1. The Morgan fingerprint density at radius 2 is 1.39 bits per heavy atom. The number of fused-ring (bicyclic) bond motifs is 3. The summed E-state index contributed by atoms with van der Waals surface area (Å²) in [6, 6.07) is 20.4. The van der Waals surface area contributed by atoms with Crippen LogP contribution < -0.4 is 0 Å². The van der Waals surface area contributed by atoms with Crippen molar-refractivity contribution in [3.8, 4) is 22.3 Å². The van der Waals surface area contributed by atoms with E-state index in [2.05, 4.69) is 9.97 Å². The van der Waals surface area contributed by atoms with Crippen LogP contribution in [0.1, 0.15) is 0 Å². The van der Waals surface area contributed by atoms with Crippen LogP contribution in [0.2, 0.25) is 0 Å². The van der Waals surface area contributed by atoms with Gasteiger partial charge in [-0.1, -0.05) is 30.3 Å². The highest BCUT2D eigenvalue weighted by atomic mass is 16.6. The second kappa shape index (κ2) is 7.03. The van der Waals surface area contributed by atoms with Gasteiger partial charge < -0.3 is 4.98 Å². The number of nitrogens with zero attached hydrogens (tertiary/aromatic N) is 3. The number of aromatic amines is 1. The van der Waals surface area contributed by atoms with Crippen LogP contribution in [-0.4, -0.2) is 19.8 Å². The minimum Gasteiger partial charge on any atom is -0.339 e. The number of aromatic nitrogens is 2. The first-order chi connectivity index (χ1) is 15.0.